The number of rotatable bonds is 15. The van der Waals surface area contributed by atoms with Crippen molar-refractivity contribution in [3.63, 3.8) is 0 Å². The van der Waals surface area contributed by atoms with Crippen LogP contribution in [0, 0.1) is 0 Å². The molecule has 0 saturated carbocycles. The summed E-state index contributed by atoms with van der Waals surface area (Å²) in [6, 6.07) is 14.1. The fourth-order valence-corrected chi connectivity index (χ4v) is 3.74. The number of aliphatic imine (C=N–C) groups is 1. The molecule has 0 radical (unpaired) electrons. The molecule has 0 aliphatic carbocycles. The topological polar surface area (TPSA) is 215 Å². The van der Waals surface area contributed by atoms with Gasteiger partial charge in [0, 0.05) is 13.0 Å². The van der Waals surface area contributed by atoms with Crippen molar-refractivity contribution in [2.75, 3.05) is 6.54 Å². The molecule has 12 heteroatoms. The summed E-state index contributed by atoms with van der Waals surface area (Å²) < 4.78 is 0. The molecular formula is C27H37N7O5. The lowest BCUT2D eigenvalue weighted by molar-refractivity contribution is -0.142. The third-order valence-electron chi connectivity index (χ3n) is 5.86. The number of hydrogen-bond acceptors (Lipinski definition) is 6. The maximum Gasteiger partial charge on any atom is 0.326 e. The third kappa shape index (κ3) is 11.2. The average Bonchev–Trinajstić information content (AvgIpc) is 2.90. The smallest absolute Gasteiger partial charge is 0.326 e. The molecule has 0 fully saturated rings. The van der Waals surface area contributed by atoms with E-state index in [0.717, 1.165) is 11.1 Å². The van der Waals surface area contributed by atoms with E-state index in [4.69, 9.17) is 17.2 Å². The van der Waals surface area contributed by atoms with Crippen molar-refractivity contribution in [2.45, 2.75) is 56.8 Å². The Labute approximate surface area is 227 Å². The number of amides is 3. The lowest BCUT2D eigenvalue weighted by Gasteiger charge is -2.24. The number of carbonyl (C=O) groups excluding carboxylic acids is 3. The van der Waals surface area contributed by atoms with Crippen molar-refractivity contribution in [1.29, 1.82) is 0 Å². The van der Waals surface area contributed by atoms with E-state index in [9.17, 15) is 24.3 Å². The van der Waals surface area contributed by atoms with Gasteiger partial charge in [0.2, 0.25) is 17.7 Å². The highest BCUT2D eigenvalue weighted by atomic mass is 16.4. The van der Waals surface area contributed by atoms with Gasteiger partial charge in [-0.1, -0.05) is 60.7 Å². The largest absolute Gasteiger partial charge is 0.480 e. The molecule has 0 spiro atoms. The van der Waals surface area contributed by atoms with E-state index in [1.807, 2.05) is 60.7 Å². The second-order valence-corrected chi connectivity index (χ2v) is 9.13. The number of hydrogen-bond donors (Lipinski definition) is 7. The van der Waals surface area contributed by atoms with Crippen LogP contribution in [0.2, 0.25) is 0 Å². The molecular weight excluding hydrogens is 502 g/mol. The van der Waals surface area contributed by atoms with Crippen LogP contribution in [0.1, 0.15) is 30.9 Å². The van der Waals surface area contributed by atoms with Gasteiger partial charge in [-0.15, -0.1) is 0 Å². The number of nitrogens with one attached hydrogen (secondary N) is 3. The second-order valence-electron chi connectivity index (χ2n) is 9.13. The van der Waals surface area contributed by atoms with Crippen molar-refractivity contribution in [3.05, 3.63) is 71.8 Å². The maximum absolute atomic E-state index is 13.2. The third-order valence-corrected chi connectivity index (χ3v) is 5.86. The van der Waals surface area contributed by atoms with Gasteiger partial charge in [0.25, 0.3) is 0 Å². The minimum Gasteiger partial charge on any atom is -0.480 e. The molecule has 0 aliphatic heterocycles. The van der Waals surface area contributed by atoms with Crippen molar-refractivity contribution in [3.8, 4) is 0 Å². The van der Waals surface area contributed by atoms with Gasteiger partial charge in [0.1, 0.15) is 18.1 Å². The van der Waals surface area contributed by atoms with Crippen molar-refractivity contribution < 1.29 is 24.3 Å². The van der Waals surface area contributed by atoms with Gasteiger partial charge in [0.05, 0.1) is 6.04 Å². The van der Waals surface area contributed by atoms with Crippen molar-refractivity contribution in [1.82, 2.24) is 16.0 Å². The van der Waals surface area contributed by atoms with Crippen LogP contribution >= 0.6 is 0 Å². The molecule has 210 valence electrons. The predicted octanol–water partition coefficient (Wildman–Crippen LogP) is -0.588. The molecule has 10 N–H and O–H groups in total. The molecule has 0 heterocycles. The summed E-state index contributed by atoms with van der Waals surface area (Å²) in [5.41, 5.74) is 18.3. The summed E-state index contributed by atoms with van der Waals surface area (Å²) in [5.74, 6) is -3.16. The highest BCUT2D eigenvalue weighted by molar-refractivity contribution is 5.94. The van der Waals surface area contributed by atoms with Crippen LogP contribution in [0.4, 0.5) is 0 Å². The lowest BCUT2D eigenvalue weighted by atomic mass is 10.0. The van der Waals surface area contributed by atoms with Gasteiger partial charge >= 0.3 is 5.97 Å². The first kappa shape index (κ1) is 30.8. The van der Waals surface area contributed by atoms with Gasteiger partial charge in [0.15, 0.2) is 5.96 Å². The van der Waals surface area contributed by atoms with Crippen LogP contribution < -0.4 is 33.2 Å². The van der Waals surface area contributed by atoms with Crippen LogP contribution in [0.15, 0.2) is 65.7 Å². The van der Waals surface area contributed by atoms with Crippen LogP contribution in [0.3, 0.4) is 0 Å². The minimum absolute atomic E-state index is 0.0878. The van der Waals surface area contributed by atoms with Gasteiger partial charge in [-0.2, -0.15) is 0 Å². The summed E-state index contributed by atoms with van der Waals surface area (Å²) in [5, 5.41) is 17.1. The Morgan fingerprint density at radius 3 is 1.87 bits per heavy atom. The van der Waals surface area contributed by atoms with E-state index in [-0.39, 0.29) is 31.8 Å². The summed E-state index contributed by atoms with van der Waals surface area (Å²) >= 11 is 0. The SMILES string of the molecule is CC(NC(=O)C(Cc1ccccc1)NC(=O)C(N)Cc1ccccc1)C(=O)NC(CCCN=C(N)N)C(=O)O. The predicted molar refractivity (Wildman–Crippen MR) is 147 cm³/mol. The molecule has 4 unspecified atom stereocenters. The van der Waals surface area contributed by atoms with Crippen LogP contribution in [0.25, 0.3) is 0 Å². The Morgan fingerprint density at radius 2 is 1.33 bits per heavy atom. The number of carboxylic acids is 1. The van der Waals surface area contributed by atoms with Gasteiger partial charge in [-0.05, 0) is 37.3 Å². The van der Waals surface area contributed by atoms with E-state index in [1.165, 1.54) is 6.92 Å². The highest BCUT2D eigenvalue weighted by Crippen LogP contribution is 2.07. The summed E-state index contributed by atoms with van der Waals surface area (Å²) in [4.78, 5) is 54.1. The fourth-order valence-electron chi connectivity index (χ4n) is 3.74. The molecule has 0 aromatic heterocycles. The maximum atomic E-state index is 13.2. The molecule has 2 aromatic rings. The zero-order chi connectivity index (χ0) is 28.8. The first-order valence-electron chi connectivity index (χ1n) is 12.6. The van der Waals surface area contributed by atoms with Crippen LogP contribution in [-0.2, 0) is 32.0 Å². The number of nitrogens with two attached hydrogens (primary N) is 3. The highest BCUT2D eigenvalue weighted by Gasteiger charge is 2.28. The Morgan fingerprint density at radius 1 is 0.795 bits per heavy atom. The first-order chi connectivity index (χ1) is 18.6. The number of carbonyl (C=O) groups is 4. The van der Waals surface area contributed by atoms with Crippen molar-refractivity contribution in [2.24, 2.45) is 22.2 Å². The zero-order valence-electron chi connectivity index (χ0n) is 21.9. The summed E-state index contributed by atoms with van der Waals surface area (Å²) in [7, 11) is 0. The molecule has 0 bridgehead atoms. The Kier molecular flexibility index (Phi) is 12.4. The van der Waals surface area contributed by atoms with Gasteiger partial charge < -0.3 is 38.3 Å². The van der Waals surface area contributed by atoms with Crippen LogP contribution in [-0.4, -0.2) is 65.5 Å². The normalized spacial score (nSPS) is 13.7. The van der Waals surface area contributed by atoms with Gasteiger partial charge in [-0.25, -0.2) is 4.79 Å². The molecule has 12 nitrogen and oxygen atoms in total. The molecule has 2 aromatic carbocycles. The summed E-state index contributed by atoms with van der Waals surface area (Å²) in [6.45, 7) is 1.63. The molecule has 2 rings (SSSR count). The Hall–Kier alpha value is -4.45. The standard InChI is InChI=1S/C27H37N7O5/c1-17(23(35)33-21(26(38)39)13-8-14-31-27(29)30)32-25(37)22(16-19-11-6-3-7-12-19)34-24(36)20(28)15-18-9-4-2-5-10-18/h2-7,9-12,17,20-22H,8,13-16,28H2,1H3,(H,32,37)(H,33,35)(H,34,36)(H,38,39)(H4,29,30,31). The number of carboxylic acid groups (broad SMARTS) is 1. The molecule has 3 amide bonds. The number of nitrogens with zero attached hydrogens (tertiary/aromatic N) is 1. The molecule has 4 atom stereocenters. The van der Waals surface area contributed by atoms with E-state index >= 15 is 0 Å². The molecule has 39 heavy (non-hydrogen) atoms. The van der Waals surface area contributed by atoms with Crippen molar-refractivity contribution >= 4 is 29.7 Å². The monoisotopic (exact) mass is 539 g/mol. The number of benzene rings is 2. The Balaban J connectivity index is 2.04. The number of aliphatic carboxylic acids is 1. The zero-order valence-corrected chi connectivity index (χ0v) is 21.9. The van der Waals surface area contributed by atoms with E-state index in [1.54, 1.807) is 0 Å². The average molecular weight is 540 g/mol. The molecule has 0 saturated heterocycles. The van der Waals surface area contributed by atoms with E-state index in [2.05, 4.69) is 20.9 Å². The second kappa shape index (κ2) is 15.7. The minimum atomic E-state index is -1.23. The van der Waals surface area contributed by atoms with E-state index < -0.39 is 47.9 Å². The quantitative estimate of drug-likeness (QED) is 0.0880. The summed E-state index contributed by atoms with van der Waals surface area (Å²) in [6.07, 6.45) is 0.854. The molecule has 0 aliphatic rings. The Bertz CT molecular complexity index is 1120. The first-order valence-corrected chi connectivity index (χ1v) is 12.6. The van der Waals surface area contributed by atoms with E-state index in [0.29, 0.717) is 6.42 Å². The fraction of sp³-hybridized carbons (Fsp3) is 0.370. The number of guanidine groups is 1. The lowest BCUT2D eigenvalue weighted by Crippen LogP contribution is -2.57. The van der Waals surface area contributed by atoms with Crippen LogP contribution in [0.5, 0.6) is 0 Å². The van der Waals surface area contributed by atoms with Gasteiger partial charge in [-0.3, -0.25) is 19.4 Å².